The Morgan fingerprint density at radius 2 is 1.93 bits per heavy atom. The molecular formula is C21H27N3O3. The number of carbonyl (C=O) groups excluding carboxylic acids is 1. The molecule has 0 spiro atoms. The Labute approximate surface area is 160 Å². The summed E-state index contributed by atoms with van der Waals surface area (Å²) in [5.74, 6) is 0.556. The zero-order valence-corrected chi connectivity index (χ0v) is 16.0. The van der Waals surface area contributed by atoms with E-state index in [0.717, 1.165) is 5.56 Å². The van der Waals surface area contributed by atoms with Crippen molar-refractivity contribution in [3.05, 3.63) is 60.3 Å². The quantitative estimate of drug-likeness (QED) is 0.783. The van der Waals surface area contributed by atoms with Crippen LogP contribution < -0.4 is 4.74 Å². The normalized spacial score (nSPS) is 19.6. The van der Waals surface area contributed by atoms with Crippen LogP contribution >= 0.6 is 0 Å². The Hall–Kier alpha value is -2.60. The van der Waals surface area contributed by atoms with Crippen LogP contribution in [0, 0.1) is 0 Å². The molecule has 2 atom stereocenters. The lowest BCUT2D eigenvalue weighted by atomic mass is 9.98. The van der Waals surface area contributed by atoms with Gasteiger partial charge in [0, 0.05) is 31.9 Å². The first-order valence-corrected chi connectivity index (χ1v) is 9.50. The number of ether oxygens (including phenoxy) is 2. The van der Waals surface area contributed by atoms with Crippen LogP contribution in [-0.4, -0.2) is 59.8 Å². The van der Waals surface area contributed by atoms with E-state index in [1.54, 1.807) is 6.20 Å². The molecule has 0 unspecified atom stereocenters. The second-order valence-corrected chi connectivity index (χ2v) is 6.39. The molecule has 0 saturated carbocycles. The Balaban J connectivity index is 1.83. The number of rotatable bonds is 6. The highest BCUT2D eigenvalue weighted by Crippen LogP contribution is 2.31. The third kappa shape index (κ3) is 4.57. The van der Waals surface area contributed by atoms with Crippen molar-refractivity contribution in [1.82, 2.24) is 14.8 Å². The summed E-state index contributed by atoms with van der Waals surface area (Å²) in [5.41, 5.74) is 1.05. The second kappa shape index (κ2) is 9.37. The molecule has 3 rings (SSSR count). The third-order valence-corrected chi connectivity index (χ3v) is 4.81. The maximum absolute atomic E-state index is 13.1. The monoisotopic (exact) mass is 369 g/mol. The van der Waals surface area contributed by atoms with Crippen molar-refractivity contribution in [2.75, 3.05) is 32.8 Å². The lowest BCUT2D eigenvalue weighted by Gasteiger charge is -2.43. The van der Waals surface area contributed by atoms with Crippen LogP contribution in [0.5, 0.6) is 5.88 Å². The molecule has 6 nitrogen and oxygen atoms in total. The van der Waals surface area contributed by atoms with E-state index in [0.29, 0.717) is 38.7 Å². The number of hydrogen-bond acceptors (Lipinski definition) is 4. The topological polar surface area (TPSA) is 54.9 Å². The van der Waals surface area contributed by atoms with E-state index < -0.39 is 0 Å². The molecule has 144 valence electrons. The number of pyridine rings is 1. The molecule has 1 aromatic carbocycles. The van der Waals surface area contributed by atoms with Gasteiger partial charge >= 0.3 is 6.03 Å². The first-order valence-electron chi connectivity index (χ1n) is 9.50. The van der Waals surface area contributed by atoms with Gasteiger partial charge in [-0.25, -0.2) is 9.78 Å². The van der Waals surface area contributed by atoms with Crippen LogP contribution in [0.1, 0.15) is 25.5 Å². The number of nitrogens with zero attached hydrogens (tertiary/aromatic N) is 3. The Morgan fingerprint density at radius 1 is 1.19 bits per heavy atom. The standard InChI is InChI=1S/C21H27N3O3/c1-3-23(4-2)21(25)24-14-15-26-18(16-27-19-12-8-9-13-22-19)20(24)17-10-6-5-7-11-17/h5-13,18,20H,3-4,14-16H2,1-2H3/t18-,20-/m0/s1. The number of hydrogen-bond donors (Lipinski definition) is 0. The van der Waals surface area contributed by atoms with Gasteiger partial charge in [0.25, 0.3) is 0 Å². The molecular weight excluding hydrogens is 342 g/mol. The molecule has 0 N–H and O–H groups in total. The lowest BCUT2D eigenvalue weighted by Crippen LogP contribution is -2.54. The molecule has 6 heteroatoms. The SMILES string of the molecule is CCN(CC)C(=O)N1CCO[C@@H](COc2ccccn2)[C@@H]1c1ccccc1. The summed E-state index contributed by atoms with van der Waals surface area (Å²) in [5, 5.41) is 0. The molecule has 2 aromatic rings. The van der Waals surface area contributed by atoms with Crippen LogP contribution in [0.4, 0.5) is 4.79 Å². The first kappa shape index (κ1) is 19.2. The molecule has 0 bridgehead atoms. The van der Waals surface area contributed by atoms with Crippen molar-refractivity contribution in [3.63, 3.8) is 0 Å². The predicted octanol–water partition coefficient (Wildman–Crippen LogP) is 3.36. The van der Waals surface area contributed by atoms with Crippen LogP contribution in [0.25, 0.3) is 0 Å². The van der Waals surface area contributed by atoms with Gasteiger partial charge in [-0.2, -0.15) is 0 Å². The smallest absolute Gasteiger partial charge is 0.320 e. The summed E-state index contributed by atoms with van der Waals surface area (Å²) in [6.45, 7) is 6.76. The molecule has 1 aliphatic heterocycles. The number of aromatic nitrogens is 1. The fourth-order valence-corrected chi connectivity index (χ4v) is 3.41. The van der Waals surface area contributed by atoms with Crippen molar-refractivity contribution in [3.8, 4) is 5.88 Å². The van der Waals surface area contributed by atoms with Crippen LogP contribution in [0.2, 0.25) is 0 Å². The number of benzene rings is 1. The van der Waals surface area contributed by atoms with Gasteiger partial charge in [-0.05, 0) is 25.5 Å². The molecule has 1 saturated heterocycles. The van der Waals surface area contributed by atoms with E-state index in [1.165, 1.54) is 0 Å². The Bertz CT molecular complexity index is 707. The molecule has 0 radical (unpaired) electrons. The zero-order chi connectivity index (χ0) is 19.1. The molecule has 2 heterocycles. The van der Waals surface area contributed by atoms with Gasteiger partial charge in [0.1, 0.15) is 12.7 Å². The second-order valence-electron chi connectivity index (χ2n) is 6.39. The van der Waals surface area contributed by atoms with Crippen LogP contribution in [0.15, 0.2) is 54.7 Å². The van der Waals surface area contributed by atoms with Gasteiger partial charge in [-0.3, -0.25) is 0 Å². The van der Waals surface area contributed by atoms with Gasteiger partial charge in [0.2, 0.25) is 5.88 Å². The van der Waals surface area contributed by atoms with Gasteiger partial charge in [-0.15, -0.1) is 0 Å². The van der Waals surface area contributed by atoms with Gasteiger partial charge in [0.15, 0.2) is 0 Å². The number of amides is 2. The summed E-state index contributed by atoms with van der Waals surface area (Å²) in [6.07, 6.45) is 1.43. The van der Waals surface area contributed by atoms with E-state index in [4.69, 9.17) is 9.47 Å². The average molecular weight is 369 g/mol. The summed E-state index contributed by atoms with van der Waals surface area (Å²) in [4.78, 5) is 21.1. The van der Waals surface area contributed by atoms with Gasteiger partial charge in [0.05, 0.1) is 12.6 Å². The van der Waals surface area contributed by atoms with Crippen LogP contribution in [-0.2, 0) is 4.74 Å². The van der Waals surface area contributed by atoms with Crippen molar-refractivity contribution >= 4 is 6.03 Å². The van der Waals surface area contributed by atoms with E-state index in [2.05, 4.69) is 4.98 Å². The summed E-state index contributed by atoms with van der Waals surface area (Å²) in [6, 6.07) is 15.4. The maximum Gasteiger partial charge on any atom is 0.320 e. The van der Waals surface area contributed by atoms with Crippen molar-refractivity contribution in [2.24, 2.45) is 0 Å². The molecule has 2 amide bonds. The van der Waals surface area contributed by atoms with Crippen molar-refractivity contribution in [2.45, 2.75) is 26.0 Å². The van der Waals surface area contributed by atoms with Gasteiger partial charge < -0.3 is 19.3 Å². The molecule has 1 aromatic heterocycles. The number of morpholine rings is 1. The van der Waals surface area contributed by atoms with Crippen molar-refractivity contribution in [1.29, 1.82) is 0 Å². The summed E-state index contributed by atoms with van der Waals surface area (Å²) >= 11 is 0. The predicted molar refractivity (Wildman–Crippen MR) is 104 cm³/mol. The largest absolute Gasteiger partial charge is 0.475 e. The molecule has 1 aliphatic rings. The van der Waals surface area contributed by atoms with Crippen LogP contribution in [0.3, 0.4) is 0 Å². The lowest BCUT2D eigenvalue weighted by molar-refractivity contribution is -0.0773. The molecule has 1 fully saturated rings. The highest BCUT2D eigenvalue weighted by molar-refractivity contribution is 5.75. The van der Waals surface area contributed by atoms with E-state index in [1.807, 2.05) is 72.2 Å². The minimum atomic E-state index is -0.261. The summed E-state index contributed by atoms with van der Waals surface area (Å²) in [7, 11) is 0. The summed E-state index contributed by atoms with van der Waals surface area (Å²) < 4.78 is 11.9. The van der Waals surface area contributed by atoms with E-state index in [9.17, 15) is 4.79 Å². The fraction of sp³-hybridized carbons (Fsp3) is 0.429. The number of carbonyl (C=O) groups is 1. The minimum absolute atomic E-state index is 0.0417. The minimum Gasteiger partial charge on any atom is -0.475 e. The maximum atomic E-state index is 13.1. The van der Waals surface area contributed by atoms with Gasteiger partial charge in [-0.1, -0.05) is 36.4 Å². The van der Waals surface area contributed by atoms with Crippen molar-refractivity contribution < 1.29 is 14.3 Å². The first-order chi connectivity index (χ1) is 13.2. The van der Waals surface area contributed by atoms with E-state index in [-0.39, 0.29) is 18.2 Å². The zero-order valence-electron chi connectivity index (χ0n) is 16.0. The fourth-order valence-electron chi connectivity index (χ4n) is 3.41. The Morgan fingerprint density at radius 3 is 2.59 bits per heavy atom. The molecule has 0 aliphatic carbocycles. The highest BCUT2D eigenvalue weighted by atomic mass is 16.5. The third-order valence-electron chi connectivity index (χ3n) is 4.81. The Kier molecular flexibility index (Phi) is 6.65. The average Bonchev–Trinajstić information content (AvgIpc) is 2.74. The van der Waals surface area contributed by atoms with E-state index >= 15 is 0 Å². The highest BCUT2D eigenvalue weighted by Gasteiger charge is 2.38. The molecule has 27 heavy (non-hydrogen) atoms. The number of urea groups is 1.